The standard InChI is InChI=1S/C16H15F3O4/c1-10(14(21)22)9-13(20)23-15(7-2-8-15)11-3-5-12(6-4-11)16(17,18)19/h3-6,9H,2,7-8H2,1H3,(H,21,22). The Kier molecular flexibility index (Phi) is 4.49. The van der Waals surface area contributed by atoms with Crippen molar-refractivity contribution in [2.45, 2.75) is 38.0 Å². The number of aliphatic carboxylic acids is 1. The minimum Gasteiger partial charge on any atom is -0.478 e. The van der Waals surface area contributed by atoms with Crippen LogP contribution in [0.25, 0.3) is 0 Å². The van der Waals surface area contributed by atoms with E-state index >= 15 is 0 Å². The van der Waals surface area contributed by atoms with Gasteiger partial charge in [0.1, 0.15) is 5.60 Å². The molecular formula is C16H15F3O4. The van der Waals surface area contributed by atoms with Crippen LogP contribution in [0.3, 0.4) is 0 Å². The van der Waals surface area contributed by atoms with E-state index in [9.17, 15) is 22.8 Å². The molecule has 0 bridgehead atoms. The van der Waals surface area contributed by atoms with Gasteiger partial charge in [-0.25, -0.2) is 9.59 Å². The second kappa shape index (κ2) is 6.06. The van der Waals surface area contributed by atoms with Gasteiger partial charge in [-0.2, -0.15) is 13.2 Å². The Balaban J connectivity index is 2.20. The lowest BCUT2D eigenvalue weighted by Gasteiger charge is -2.41. The monoisotopic (exact) mass is 328 g/mol. The van der Waals surface area contributed by atoms with E-state index in [2.05, 4.69) is 0 Å². The van der Waals surface area contributed by atoms with Gasteiger partial charge in [0.15, 0.2) is 0 Å². The molecule has 1 aromatic rings. The van der Waals surface area contributed by atoms with Gasteiger partial charge in [0.25, 0.3) is 0 Å². The highest BCUT2D eigenvalue weighted by Gasteiger charge is 2.43. The molecule has 1 fully saturated rings. The zero-order valence-corrected chi connectivity index (χ0v) is 12.3. The van der Waals surface area contributed by atoms with Gasteiger partial charge in [-0.3, -0.25) is 0 Å². The van der Waals surface area contributed by atoms with Crippen molar-refractivity contribution >= 4 is 11.9 Å². The van der Waals surface area contributed by atoms with Crippen LogP contribution in [0.2, 0.25) is 0 Å². The van der Waals surface area contributed by atoms with Gasteiger partial charge in [-0.15, -0.1) is 0 Å². The molecule has 0 heterocycles. The van der Waals surface area contributed by atoms with E-state index in [0.29, 0.717) is 18.4 Å². The largest absolute Gasteiger partial charge is 0.478 e. The van der Waals surface area contributed by atoms with Crippen LogP contribution >= 0.6 is 0 Å². The lowest BCUT2D eigenvalue weighted by Crippen LogP contribution is -2.39. The molecule has 1 saturated carbocycles. The highest BCUT2D eigenvalue weighted by atomic mass is 19.4. The quantitative estimate of drug-likeness (QED) is 0.677. The van der Waals surface area contributed by atoms with Crippen LogP contribution in [0.4, 0.5) is 13.2 Å². The fourth-order valence-electron chi connectivity index (χ4n) is 2.37. The van der Waals surface area contributed by atoms with Crippen LogP contribution < -0.4 is 0 Å². The SMILES string of the molecule is CC(=CC(=O)OC1(c2ccc(C(F)(F)F)cc2)CCC1)C(=O)O. The van der Waals surface area contributed by atoms with Gasteiger partial charge >= 0.3 is 18.1 Å². The molecule has 0 atom stereocenters. The summed E-state index contributed by atoms with van der Waals surface area (Å²) in [5.41, 5.74) is -1.44. The summed E-state index contributed by atoms with van der Waals surface area (Å²) in [6.45, 7) is 1.26. The Hall–Kier alpha value is -2.31. The smallest absolute Gasteiger partial charge is 0.416 e. The summed E-state index contributed by atoms with van der Waals surface area (Å²) in [6, 6.07) is 4.48. The number of carbonyl (C=O) groups is 2. The Morgan fingerprint density at radius 2 is 1.78 bits per heavy atom. The number of halogens is 3. The van der Waals surface area contributed by atoms with Crippen molar-refractivity contribution in [1.29, 1.82) is 0 Å². The molecule has 0 amide bonds. The van der Waals surface area contributed by atoms with Gasteiger partial charge < -0.3 is 9.84 Å². The van der Waals surface area contributed by atoms with Gasteiger partial charge in [0.05, 0.1) is 5.56 Å². The number of esters is 1. The molecule has 124 valence electrons. The van der Waals surface area contributed by atoms with Gasteiger partial charge in [-0.05, 0) is 43.9 Å². The number of benzene rings is 1. The number of carbonyl (C=O) groups excluding carboxylic acids is 1. The van der Waals surface area contributed by atoms with E-state index in [1.54, 1.807) is 0 Å². The molecule has 1 aliphatic rings. The summed E-state index contributed by atoms with van der Waals surface area (Å²) in [5.74, 6) is -2.05. The molecule has 0 aliphatic heterocycles. The van der Waals surface area contributed by atoms with Crippen molar-refractivity contribution in [1.82, 2.24) is 0 Å². The highest BCUT2D eigenvalue weighted by Crippen LogP contribution is 2.45. The maximum atomic E-state index is 12.6. The fourth-order valence-corrected chi connectivity index (χ4v) is 2.37. The first-order valence-corrected chi connectivity index (χ1v) is 6.96. The van der Waals surface area contributed by atoms with E-state index in [0.717, 1.165) is 24.6 Å². The van der Waals surface area contributed by atoms with Crippen molar-refractivity contribution in [3.8, 4) is 0 Å². The molecule has 0 aromatic heterocycles. The Labute approximate surface area is 130 Å². The molecule has 23 heavy (non-hydrogen) atoms. The minimum atomic E-state index is -4.43. The number of ether oxygens (including phenoxy) is 1. The van der Waals surface area contributed by atoms with Crippen LogP contribution in [-0.2, 0) is 26.1 Å². The third-order valence-electron chi connectivity index (χ3n) is 3.87. The number of hydrogen-bond donors (Lipinski definition) is 1. The Bertz CT molecular complexity index is 640. The van der Waals surface area contributed by atoms with E-state index in [1.807, 2.05) is 0 Å². The number of carboxylic acids is 1. The number of carboxylic acid groups (broad SMARTS) is 1. The predicted octanol–water partition coefficient (Wildman–Crippen LogP) is 3.66. The van der Waals surface area contributed by atoms with Crippen molar-refractivity contribution in [3.05, 3.63) is 47.0 Å². The maximum absolute atomic E-state index is 12.6. The maximum Gasteiger partial charge on any atom is 0.416 e. The van der Waals surface area contributed by atoms with Crippen molar-refractivity contribution in [3.63, 3.8) is 0 Å². The first-order chi connectivity index (χ1) is 10.6. The average molecular weight is 328 g/mol. The summed E-state index contributed by atoms with van der Waals surface area (Å²) in [5, 5.41) is 8.74. The topological polar surface area (TPSA) is 63.6 Å². The minimum absolute atomic E-state index is 0.170. The molecule has 1 N–H and O–H groups in total. The Morgan fingerprint density at radius 3 is 2.17 bits per heavy atom. The predicted molar refractivity (Wildman–Crippen MR) is 74.5 cm³/mol. The number of hydrogen-bond acceptors (Lipinski definition) is 3. The van der Waals surface area contributed by atoms with E-state index in [4.69, 9.17) is 9.84 Å². The second-order valence-corrected chi connectivity index (χ2v) is 5.48. The van der Waals surface area contributed by atoms with Gasteiger partial charge in [0, 0.05) is 11.6 Å². The van der Waals surface area contributed by atoms with Gasteiger partial charge in [0.2, 0.25) is 0 Å². The molecule has 0 unspecified atom stereocenters. The summed E-state index contributed by atoms with van der Waals surface area (Å²) in [7, 11) is 0. The lowest BCUT2D eigenvalue weighted by atomic mass is 9.74. The van der Waals surface area contributed by atoms with Crippen LogP contribution in [0.15, 0.2) is 35.9 Å². The number of rotatable bonds is 4. The summed E-state index contributed by atoms with van der Waals surface area (Å²) in [6.07, 6.45) is -1.81. The molecule has 0 spiro atoms. The Morgan fingerprint density at radius 1 is 1.22 bits per heavy atom. The van der Waals surface area contributed by atoms with E-state index in [-0.39, 0.29) is 5.57 Å². The average Bonchev–Trinajstić information content (AvgIpc) is 2.42. The molecule has 0 saturated heterocycles. The molecule has 1 aromatic carbocycles. The first kappa shape index (κ1) is 17.1. The molecule has 1 aliphatic carbocycles. The summed E-state index contributed by atoms with van der Waals surface area (Å²) < 4.78 is 43.1. The highest BCUT2D eigenvalue weighted by molar-refractivity contribution is 5.95. The lowest BCUT2D eigenvalue weighted by molar-refractivity contribution is -0.165. The zero-order chi connectivity index (χ0) is 17.3. The van der Waals surface area contributed by atoms with Crippen LogP contribution in [0, 0.1) is 0 Å². The van der Waals surface area contributed by atoms with Crippen molar-refractivity contribution < 1.29 is 32.6 Å². The summed E-state index contributed by atoms with van der Waals surface area (Å²) in [4.78, 5) is 22.5. The first-order valence-electron chi connectivity index (χ1n) is 6.96. The van der Waals surface area contributed by atoms with Crippen molar-refractivity contribution in [2.75, 3.05) is 0 Å². The van der Waals surface area contributed by atoms with Gasteiger partial charge in [-0.1, -0.05) is 12.1 Å². The van der Waals surface area contributed by atoms with E-state index in [1.165, 1.54) is 19.1 Å². The van der Waals surface area contributed by atoms with Crippen LogP contribution in [-0.4, -0.2) is 17.0 Å². The molecule has 2 rings (SSSR count). The molecule has 7 heteroatoms. The van der Waals surface area contributed by atoms with E-state index < -0.39 is 29.3 Å². The second-order valence-electron chi connectivity index (χ2n) is 5.48. The number of alkyl halides is 3. The third-order valence-corrected chi connectivity index (χ3v) is 3.87. The van der Waals surface area contributed by atoms with Crippen LogP contribution in [0.1, 0.15) is 37.3 Å². The fraction of sp³-hybridized carbons (Fsp3) is 0.375. The molecule has 0 radical (unpaired) electrons. The molecule has 4 nitrogen and oxygen atoms in total. The third kappa shape index (κ3) is 3.72. The molecular weight excluding hydrogens is 313 g/mol. The zero-order valence-electron chi connectivity index (χ0n) is 12.3. The summed E-state index contributed by atoms with van der Waals surface area (Å²) >= 11 is 0. The van der Waals surface area contributed by atoms with Crippen molar-refractivity contribution in [2.24, 2.45) is 0 Å². The van der Waals surface area contributed by atoms with Crippen LogP contribution in [0.5, 0.6) is 0 Å². The normalized spacial score (nSPS) is 17.3.